The summed E-state index contributed by atoms with van der Waals surface area (Å²) in [4.78, 5) is 11.7. The summed E-state index contributed by atoms with van der Waals surface area (Å²) < 4.78 is 0. The highest BCUT2D eigenvalue weighted by Gasteiger charge is 2.30. The molecule has 0 aromatic heterocycles. The molecule has 0 aliphatic heterocycles. The normalized spacial score (nSPS) is 14.7. The predicted molar refractivity (Wildman–Crippen MR) is 63.8 cm³/mol. The molecule has 0 atom stereocenters. The minimum absolute atomic E-state index is 0.148. The molecule has 2 rings (SSSR count). The number of amides is 1. The van der Waals surface area contributed by atoms with Gasteiger partial charge in [0.1, 0.15) is 0 Å². The van der Waals surface area contributed by atoms with Gasteiger partial charge in [-0.2, -0.15) is 0 Å². The van der Waals surface area contributed by atoms with Crippen molar-refractivity contribution in [3.8, 4) is 0 Å². The van der Waals surface area contributed by atoms with Crippen LogP contribution in [0.15, 0.2) is 18.2 Å². The van der Waals surface area contributed by atoms with Crippen LogP contribution in [-0.4, -0.2) is 5.91 Å². The molecule has 86 valence electrons. The molecule has 1 aliphatic rings. The molecule has 0 heterocycles. The smallest absolute Gasteiger partial charge is 0.243 e. The van der Waals surface area contributed by atoms with Crippen molar-refractivity contribution in [3.05, 3.63) is 34.9 Å². The molecule has 0 saturated heterocycles. The summed E-state index contributed by atoms with van der Waals surface area (Å²) in [6.07, 6.45) is 3.52. The van der Waals surface area contributed by atoms with Gasteiger partial charge in [0.05, 0.1) is 5.41 Å². The van der Waals surface area contributed by atoms with Gasteiger partial charge >= 0.3 is 0 Å². The first-order valence-corrected chi connectivity index (χ1v) is 5.69. The summed E-state index contributed by atoms with van der Waals surface area (Å²) in [5.74, 6) is 5.06. The van der Waals surface area contributed by atoms with Crippen LogP contribution in [0.4, 0.5) is 0 Å². The van der Waals surface area contributed by atoms with Gasteiger partial charge in [-0.25, -0.2) is 5.84 Å². The maximum absolute atomic E-state index is 11.7. The van der Waals surface area contributed by atoms with Crippen molar-refractivity contribution in [3.63, 3.8) is 0 Å². The molecule has 1 aromatic rings. The Morgan fingerprint density at radius 2 is 2.00 bits per heavy atom. The van der Waals surface area contributed by atoms with Gasteiger partial charge in [0.15, 0.2) is 0 Å². The van der Waals surface area contributed by atoms with Crippen LogP contribution in [0.25, 0.3) is 0 Å². The van der Waals surface area contributed by atoms with E-state index in [1.165, 1.54) is 24.0 Å². The minimum atomic E-state index is -0.563. The first-order valence-electron chi connectivity index (χ1n) is 5.69. The zero-order chi connectivity index (χ0) is 11.8. The maximum atomic E-state index is 11.7. The summed E-state index contributed by atoms with van der Waals surface area (Å²) in [7, 11) is 0. The molecule has 1 aliphatic carbocycles. The molecule has 0 radical (unpaired) electrons. The molecule has 0 saturated carbocycles. The van der Waals surface area contributed by atoms with Crippen LogP contribution < -0.4 is 11.3 Å². The van der Waals surface area contributed by atoms with E-state index in [1.54, 1.807) is 0 Å². The number of nitrogens with two attached hydrogens (primary N) is 1. The second kappa shape index (κ2) is 3.91. The van der Waals surface area contributed by atoms with Crippen molar-refractivity contribution >= 4 is 5.91 Å². The van der Waals surface area contributed by atoms with Crippen LogP contribution in [0.3, 0.4) is 0 Å². The Balaban J connectivity index is 2.37. The maximum Gasteiger partial charge on any atom is 0.243 e. The Labute approximate surface area is 96.0 Å². The third kappa shape index (κ3) is 1.71. The third-order valence-corrected chi connectivity index (χ3v) is 3.52. The lowest BCUT2D eigenvalue weighted by atomic mass is 9.82. The molecule has 16 heavy (non-hydrogen) atoms. The van der Waals surface area contributed by atoms with Crippen molar-refractivity contribution in [1.29, 1.82) is 0 Å². The summed E-state index contributed by atoms with van der Waals surface area (Å²) in [5.41, 5.74) is 5.52. The zero-order valence-corrected chi connectivity index (χ0v) is 9.84. The number of benzene rings is 1. The predicted octanol–water partition coefficient (Wildman–Crippen LogP) is 1.44. The van der Waals surface area contributed by atoms with E-state index >= 15 is 0 Å². The van der Waals surface area contributed by atoms with E-state index in [0.29, 0.717) is 0 Å². The Morgan fingerprint density at radius 1 is 1.31 bits per heavy atom. The average molecular weight is 218 g/mol. The fourth-order valence-electron chi connectivity index (χ4n) is 2.27. The Bertz CT molecular complexity index is 424. The number of fused-ring (bicyclic) bond motifs is 1. The lowest BCUT2D eigenvalue weighted by Gasteiger charge is -2.23. The van der Waals surface area contributed by atoms with E-state index in [1.807, 2.05) is 19.9 Å². The largest absolute Gasteiger partial charge is 0.294 e. The Morgan fingerprint density at radius 3 is 2.69 bits per heavy atom. The molecule has 3 heteroatoms. The van der Waals surface area contributed by atoms with E-state index in [9.17, 15) is 4.79 Å². The first-order chi connectivity index (χ1) is 7.55. The zero-order valence-electron chi connectivity index (χ0n) is 9.84. The third-order valence-electron chi connectivity index (χ3n) is 3.52. The second-order valence-corrected chi connectivity index (χ2v) is 4.94. The number of carbonyl (C=O) groups excluding carboxylic acids is 1. The fraction of sp³-hybridized carbons (Fsp3) is 0.462. The molecular weight excluding hydrogens is 200 g/mol. The van der Waals surface area contributed by atoms with Crippen molar-refractivity contribution in [1.82, 2.24) is 5.43 Å². The Hall–Kier alpha value is -1.35. The van der Waals surface area contributed by atoms with Gasteiger partial charge in [-0.05, 0) is 49.8 Å². The van der Waals surface area contributed by atoms with Crippen LogP contribution >= 0.6 is 0 Å². The molecular formula is C13H18N2O. The number of rotatable bonds is 2. The quantitative estimate of drug-likeness (QED) is 0.448. The lowest BCUT2D eigenvalue weighted by Crippen LogP contribution is -2.43. The molecule has 1 amide bonds. The van der Waals surface area contributed by atoms with Gasteiger partial charge in [0.25, 0.3) is 0 Å². The highest BCUT2D eigenvalue weighted by atomic mass is 16.2. The SMILES string of the molecule is CC(C)(C(=O)NN)c1ccc2c(c1)CCC2. The molecule has 3 N–H and O–H groups in total. The highest BCUT2D eigenvalue weighted by molar-refractivity contribution is 5.86. The van der Waals surface area contributed by atoms with E-state index in [0.717, 1.165) is 12.0 Å². The van der Waals surface area contributed by atoms with Crippen LogP contribution in [0.5, 0.6) is 0 Å². The van der Waals surface area contributed by atoms with Crippen molar-refractivity contribution in [2.24, 2.45) is 5.84 Å². The van der Waals surface area contributed by atoms with Crippen LogP contribution in [0.1, 0.15) is 37.0 Å². The summed E-state index contributed by atoms with van der Waals surface area (Å²) in [6, 6.07) is 6.33. The molecule has 0 unspecified atom stereocenters. The number of nitrogens with one attached hydrogen (secondary N) is 1. The van der Waals surface area contributed by atoms with E-state index < -0.39 is 5.41 Å². The molecule has 0 bridgehead atoms. The van der Waals surface area contributed by atoms with E-state index in [4.69, 9.17) is 5.84 Å². The average Bonchev–Trinajstić information content (AvgIpc) is 2.74. The summed E-state index contributed by atoms with van der Waals surface area (Å²) >= 11 is 0. The van der Waals surface area contributed by atoms with Gasteiger partial charge in [-0.1, -0.05) is 18.2 Å². The first kappa shape index (κ1) is 11.1. The number of hydrazine groups is 1. The van der Waals surface area contributed by atoms with Gasteiger partial charge in [-0.3, -0.25) is 10.2 Å². The monoisotopic (exact) mass is 218 g/mol. The van der Waals surface area contributed by atoms with E-state index in [-0.39, 0.29) is 5.91 Å². The Kier molecular flexibility index (Phi) is 2.72. The molecule has 0 fully saturated rings. The van der Waals surface area contributed by atoms with Crippen molar-refractivity contribution < 1.29 is 4.79 Å². The van der Waals surface area contributed by atoms with Crippen molar-refractivity contribution in [2.75, 3.05) is 0 Å². The van der Waals surface area contributed by atoms with Crippen LogP contribution in [0.2, 0.25) is 0 Å². The number of hydrogen-bond acceptors (Lipinski definition) is 2. The topological polar surface area (TPSA) is 55.1 Å². The van der Waals surface area contributed by atoms with Gasteiger partial charge in [-0.15, -0.1) is 0 Å². The van der Waals surface area contributed by atoms with Crippen molar-refractivity contribution in [2.45, 2.75) is 38.5 Å². The lowest BCUT2D eigenvalue weighted by molar-refractivity contribution is -0.125. The molecule has 1 aromatic carbocycles. The van der Waals surface area contributed by atoms with E-state index in [2.05, 4.69) is 17.6 Å². The standard InChI is InChI=1S/C13H18N2O/c1-13(2,12(16)15-14)11-7-6-9-4-3-5-10(9)8-11/h6-8H,3-5,14H2,1-2H3,(H,15,16). The second-order valence-electron chi connectivity index (χ2n) is 4.94. The van der Waals surface area contributed by atoms with Gasteiger partial charge < -0.3 is 0 Å². The minimum Gasteiger partial charge on any atom is -0.294 e. The van der Waals surface area contributed by atoms with Gasteiger partial charge in [0.2, 0.25) is 5.91 Å². The number of aryl methyl sites for hydroxylation is 2. The van der Waals surface area contributed by atoms with Crippen LogP contribution in [-0.2, 0) is 23.1 Å². The van der Waals surface area contributed by atoms with Crippen LogP contribution in [0, 0.1) is 0 Å². The molecule has 3 nitrogen and oxygen atoms in total. The number of carbonyl (C=O) groups is 1. The van der Waals surface area contributed by atoms with Gasteiger partial charge in [0, 0.05) is 0 Å². The summed E-state index contributed by atoms with van der Waals surface area (Å²) in [6.45, 7) is 3.79. The highest BCUT2D eigenvalue weighted by Crippen LogP contribution is 2.29. The fourth-order valence-corrected chi connectivity index (χ4v) is 2.27. The molecule has 0 spiro atoms. The summed E-state index contributed by atoms with van der Waals surface area (Å²) in [5, 5.41) is 0. The number of hydrogen-bond donors (Lipinski definition) is 2.